The number of Topliss-reactive ketones (excluding diaryl/α,β-unsaturated/α-hetero) is 1. The Morgan fingerprint density at radius 1 is 1.20 bits per heavy atom. The van der Waals surface area contributed by atoms with E-state index < -0.39 is 0 Å². The number of ketones is 1. The summed E-state index contributed by atoms with van der Waals surface area (Å²) in [7, 11) is 0. The molecule has 0 atom stereocenters. The molecule has 0 aliphatic heterocycles. The molecule has 4 heteroatoms. The molecule has 0 saturated heterocycles. The van der Waals surface area contributed by atoms with E-state index in [9.17, 15) is 4.79 Å². The lowest BCUT2D eigenvalue weighted by molar-refractivity contribution is -0.120. The monoisotopic (exact) mass is 332 g/mol. The van der Waals surface area contributed by atoms with E-state index in [4.69, 9.17) is 4.98 Å². The Labute approximate surface area is 126 Å². The molecule has 1 heterocycles. The Kier molecular flexibility index (Phi) is 3.74. The molecule has 104 valence electrons. The summed E-state index contributed by atoms with van der Waals surface area (Å²) < 4.78 is 1.07. The SMILES string of the molecule is Cc1[nH]c(C2CCC(=O)CC2)nc1-c1ccc(Br)cc1. The average Bonchev–Trinajstić information content (AvgIpc) is 2.82. The van der Waals surface area contributed by atoms with Gasteiger partial charge in [0.1, 0.15) is 11.6 Å². The quantitative estimate of drug-likeness (QED) is 0.887. The number of hydrogen-bond acceptors (Lipinski definition) is 2. The second kappa shape index (κ2) is 5.52. The van der Waals surface area contributed by atoms with Crippen molar-refractivity contribution in [1.29, 1.82) is 0 Å². The first-order valence-electron chi connectivity index (χ1n) is 6.97. The van der Waals surface area contributed by atoms with Gasteiger partial charge in [-0.1, -0.05) is 28.1 Å². The summed E-state index contributed by atoms with van der Waals surface area (Å²) in [6.45, 7) is 2.06. The van der Waals surface area contributed by atoms with Gasteiger partial charge in [0, 0.05) is 34.5 Å². The van der Waals surface area contributed by atoms with Gasteiger partial charge in [0.05, 0.1) is 5.69 Å². The van der Waals surface area contributed by atoms with Gasteiger partial charge in [-0.25, -0.2) is 4.98 Å². The van der Waals surface area contributed by atoms with Crippen LogP contribution in [0.25, 0.3) is 11.3 Å². The van der Waals surface area contributed by atoms with Crippen LogP contribution in [-0.4, -0.2) is 15.8 Å². The first-order chi connectivity index (χ1) is 9.63. The zero-order valence-corrected chi connectivity index (χ0v) is 13.0. The normalized spacial score (nSPS) is 16.6. The fourth-order valence-corrected chi connectivity index (χ4v) is 3.04. The first-order valence-corrected chi connectivity index (χ1v) is 7.77. The summed E-state index contributed by atoms with van der Waals surface area (Å²) >= 11 is 3.45. The van der Waals surface area contributed by atoms with Crippen LogP contribution >= 0.6 is 15.9 Å². The molecule has 1 aromatic carbocycles. The average molecular weight is 333 g/mol. The van der Waals surface area contributed by atoms with E-state index in [0.29, 0.717) is 24.5 Å². The number of aryl methyl sites for hydroxylation is 1. The minimum Gasteiger partial charge on any atom is -0.345 e. The minimum atomic E-state index is 0.387. The Hall–Kier alpha value is -1.42. The van der Waals surface area contributed by atoms with E-state index >= 15 is 0 Å². The van der Waals surface area contributed by atoms with Gasteiger partial charge in [-0.05, 0) is 31.9 Å². The fourth-order valence-electron chi connectivity index (χ4n) is 2.78. The topological polar surface area (TPSA) is 45.8 Å². The number of halogens is 1. The molecule has 1 fully saturated rings. The Morgan fingerprint density at radius 3 is 2.50 bits per heavy atom. The smallest absolute Gasteiger partial charge is 0.132 e. The van der Waals surface area contributed by atoms with Crippen molar-refractivity contribution in [2.24, 2.45) is 0 Å². The highest BCUT2D eigenvalue weighted by Crippen LogP contribution is 2.32. The van der Waals surface area contributed by atoms with Gasteiger partial charge in [0.2, 0.25) is 0 Å². The number of hydrogen-bond donors (Lipinski definition) is 1. The van der Waals surface area contributed by atoms with Crippen molar-refractivity contribution in [1.82, 2.24) is 9.97 Å². The number of carbonyl (C=O) groups excluding carboxylic acids is 1. The minimum absolute atomic E-state index is 0.387. The van der Waals surface area contributed by atoms with E-state index in [1.807, 2.05) is 12.1 Å². The van der Waals surface area contributed by atoms with Gasteiger partial charge < -0.3 is 4.98 Å². The molecule has 20 heavy (non-hydrogen) atoms. The third-order valence-electron chi connectivity index (χ3n) is 3.95. The molecule has 2 aromatic rings. The van der Waals surface area contributed by atoms with Crippen LogP contribution in [0.5, 0.6) is 0 Å². The lowest BCUT2D eigenvalue weighted by Gasteiger charge is -2.18. The first kappa shape index (κ1) is 13.6. The largest absolute Gasteiger partial charge is 0.345 e. The standard InChI is InChI=1S/C16H17BrN2O/c1-10-15(11-2-6-13(17)7-3-11)19-16(18-10)12-4-8-14(20)9-5-12/h2-3,6-7,12H,4-5,8-9H2,1H3,(H,18,19). The van der Waals surface area contributed by atoms with E-state index in [-0.39, 0.29) is 0 Å². The molecule has 0 bridgehead atoms. The number of benzene rings is 1. The predicted molar refractivity (Wildman–Crippen MR) is 82.7 cm³/mol. The van der Waals surface area contributed by atoms with Crippen LogP contribution in [0.1, 0.15) is 43.1 Å². The molecule has 0 unspecified atom stereocenters. The summed E-state index contributed by atoms with van der Waals surface area (Å²) in [5, 5.41) is 0. The van der Waals surface area contributed by atoms with E-state index in [0.717, 1.165) is 40.1 Å². The van der Waals surface area contributed by atoms with Crippen LogP contribution in [-0.2, 0) is 4.79 Å². The maximum Gasteiger partial charge on any atom is 0.132 e. The fraction of sp³-hybridized carbons (Fsp3) is 0.375. The predicted octanol–water partition coefficient (Wildman–Crippen LogP) is 4.37. The molecule has 1 aliphatic rings. The molecule has 0 amide bonds. The third-order valence-corrected chi connectivity index (χ3v) is 4.48. The lowest BCUT2D eigenvalue weighted by atomic mass is 9.88. The summed E-state index contributed by atoms with van der Waals surface area (Å²) in [6.07, 6.45) is 3.23. The zero-order chi connectivity index (χ0) is 14.1. The molecule has 1 N–H and O–H groups in total. The molecule has 0 radical (unpaired) electrons. The van der Waals surface area contributed by atoms with Crippen LogP contribution in [0.15, 0.2) is 28.7 Å². The van der Waals surface area contributed by atoms with Crippen LogP contribution in [0.3, 0.4) is 0 Å². The molecule has 1 saturated carbocycles. The van der Waals surface area contributed by atoms with Gasteiger partial charge in [0.15, 0.2) is 0 Å². The molecule has 3 nitrogen and oxygen atoms in total. The van der Waals surface area contributed by atoms with Gasteiger partial charge >= 0.3 is 0 Å². The van der Waals surface area contributed by atoms with Gasteiger partial charge in [0.25, 0.3) is 0 Å². The van der Waals surface area contributed by atoms with Crippen LogP contribution in [0, 0.1) is 6.92 Å². The Balaban J connectivity index is 1.87. The maximum absolute atomic E-state index is 11.3. The van der Waals surface area contributed by atoms with Crippen molar-refractivity contribution in [3.8, 4) is 11.3 Å². The Morgan fingerprint density at radius 2 is 1.85 bits per heavy atom. The summed E-state index contributed by atoms with van der Waals surface area (Å²) in [5.74, 6) is 1.82. The number of aromatic amines is 1. The van der Waals surface area contributed by atoms with Crippen molar-refractivity contribution >= 4 is 21.7 Å². The number of imidazole rings is 1. The molecular formula is C16H17BrN2O. The number of nitrogens with zero attached hydrogens (tertiary/aromatic N) is 1. The van der Waals surface area contributed by atoms with E-state index in [2.05, 4.69) is 40.0 Å². The molecule has 0 spiro atoms. The van der Waals surface area contributed by atoms with E-state index in [1.165, 1.54) is 0 Å². The van der Waals surface area contributed by atoms with Gasteiger partial charge in [-0.15, -0.1) is 0 Å². The molecule has 1 aliphatic carbocycles. The second-order valence-corrected chi connectivity index (χ2v) is 6.33. The van der Waals surface area contributed by atoms with Crippen molar-refractivity contribution < 1.29 is 4.79 Å². The van der Waals surface area contributed by atoms with Crippen molar-refractivity contribution in [2.75, 3.05) is 0 Å². The van der Waals surface area contributed by atoms with E-state index in [1.54, 1.807) is 0 Å². The second-order valence-electron chi connectivity index (χ2n) is 5.42. The number of aromatic nitrogens is 2. The van der Waals surface area contributed by atoms with Gasteiger partial charge in [-0.2, -0.15) is 0 Å². The zero-order valence-electron chi connectivity index (χ0n) is 11.4. The molecular weight excluding hydrogens is 316 g/mol. The number of rotatable bonds is 2. The van der Waals surface area contributed by atoms with Gasteiger partial charge in [-0.3, -0.25) is 4.79 Å². The number of nitrogens with one attached hydrogen (secondary N) is 1. The van der Waals surface area contributed by atoms with Crippen LogP contribution in [0.2, 0.25) is 0 Å². The summed E-state index contributed by atoms with van der Waals surface area (Å²) in [6, 6.07) is 8.20. The third kappa shape index (κ3) is 2.70. The number of carbonyl (C=O) groups is 1. The highest BCUT2D eigenvalue weighted by Gasteiger charge is 2.23. The lowest BCUT2D eigenvalue weighted by Crippen LogP contribution is -2.13. The van der Waals surface area contributed by atoms with Crippen molar-refractivity contribution in [3.63, 3.8) is 0 Å². The molecule has 1 aromatic heterocycles. The van der Waals surface area contributed by atoms with Crippen molar-refractivity contribution in [3.05, 3.63) is 40.3 Å². The maximum atomic E-state index is 11.3. The molecule has 3 rings (SSSR count). The van der Waals surface area contributed by atoms with Crippen LogP contribution in [0.4, 0.5) is 0 Å². The highest BCUT2D eigenvalue weighted by molar-refractivity contribution is 9.10. The van der Waals surface area contributed by atoms with Crippen LogP contribution < -0.4 is 0 Å². The highest BCUT2D eigenvalue weighted by atomic mass is 79.9. The Bertz CT molecular complexity index is 620. The summed E-state index contributed by atoms with van der Waals surface area (Å²) in [4.78, 5) is 19.5. The number of H-pyrrole nitrogens is 1. The van der Waals surface area contributed by atoms with Crippen molar-refractivity contribution in [2.45, 2.75) is 38.5 Å². The summed E-state index contributed by atoms with van der Waals surface area (Å²) in [5.41, 5.74) is 3.24.